The average Bonchev–Trinajstić information content (AvgIpc) is 2.10. The van der Waals surface area contributed by atoms with Gasteiger partial charge in [-0.3, -0.25) is 4.57 Å². The molecule has 0 amide bonds. The molecule has 0 spiro atoms. The van der Waals surface area contributed by atoms with Crippen molar-refractivity contribution in [3.63, 3.8) is 0 Å². The molecule has 4 nitrogen and oxygen atoms in total. The van der Waals surface area contributed by atoms with Crippen molar-refractivity contribution >= 4 is 23.5 Å². The molecule has 1 atom stereocenters. The zero-order valence-corrected chi connectivity index (χ0v) is 10.5. The van der Waals surface area contributed by atoms with Crippen molar-refractivity contribution in [2.75, 3.05) is 6.61 Å². The van der Waals surface area contributed by atoms with Crippen LogP contribution in [0.2, 0.25) is 0 Å². The first-order valence-electron chi connectivity index (χ1n) is 4.21. The summed E-state index contributed by atoms with van der Waals surface area (Å²) in [6.45, 7) is 1.70. The van der Waals surface area contributed by atoms with Crippen LogP contribution in [0.4, 0.5) is 4.39 Å². The first-order valence-corrected chi connectivity index (χ1v) is 6.76. The summed E-state index contributed by atoms with van der Waals surface area (Å²) in [6, 6.07) is 1.41. The van der Waals surface area contributed by atoms with Crippen LogP contribution in [0.5, 0.6) is 0 Å². The van der Waals surface area contributed by atoms with E-state index in [0.29, 0.717) is 4.47 Å². The fourth-order valence-corrected chi connectivity index (χ4v) is 2.56. The van der Waals surface area contributed by atoms with E-state index in [-0.39, 0.29) is 18.3 Å². The van der Waals surface area contributed by atoms with E-state index in [1.165, 1.54) is 12.3 Å². The molecule has 0 aliphatic rings. The van der Waals surface area contributed by atoms with Gasteiger partial charge in [-0.15, -0.1) is 0 Å². The van der Waals surface area contributed by atoms with Crippen LogP contribution in [-0.4, -0.2) is 16.5 Å². The van der Waals surface area contributed by atoms with Crippen LogP contribution in [0.25, 0.3) is 0 Å². The van der Waals surface area contributed by atoms with Crippen molar-refractivity contribution in [2.24, 2.45) is 0 Å². The second-order valence-corrected chi connectivity index (χ2v) is 5.58. The minimum atomic E-state index is -3.76. The summed E-state index contributed by atoms with van der Waals surface area (Å²) in [5.74, 6) is -0.757. The third-order valence-corrected chi connectivity index (χ3v) is 3.41. The molecule has 15 heavy (non-hydrogen) atoms. The number of nitrogens with zero attached hydrogens (tertiary/aromatic N) is 1. The van der Waals surface area contributed by atoms with Crippen LogP contribution in [0.1, 0.15) is 12.5 Å². The summed E-state index contributed by atoms with van der Waals surface area (Å²) in [5.41, 5.74) is 0.0589. The highest BCUT2D eigenvalue weighted by atomic mass is 79.9. The maximum Gasteiger partial charge on any atom is 0.332 e. The highest BCUT2D eigenvalue weighted by Gasteiger charge is 2.21. The first-order chi connectivity index (χ1) is 6.94. The molecule has 0 aliphatic carbocycles. The molecule has 1 aromatic rings. The van der Waals surface area contributed by atoms with Gasteiger partial charge >= 0.3 is 7.60 Å². The van der Waals surface area contributed by atoms with E-state index in [0.717, 1.165) is 0 Å². The summed E-state index contributed by atoms with van der Waals surface area (Å²) in [5, 5.41) is 0. The van der Waals surface area contributed by atoms with Gasteiger partial charge in [-0.2, -0.15) is 4.39 Å². The van der Waals surface area contributed by atoms with Crippen molar-refractivity contribution in [1.82, 2.24) is 4.98 Å². The standard InChI is InChI=1S/C8H10BrFNO3P/c1-2-14-15(12,13)5-6-3-7(9)4-11-8(6)10/h3-4H,2,5H2,1H3,(H,12,13). The third-order valence-electron chi connectivity index (χ3n) is 1.58. The highest BCUT2D eigenvalue weighted by Crippen LogP contribution is 2.45. The van der Waals surface area contributed by atoms with Gasteiger partial charge in [-0.25, -0.2) is 4.98 Å². The minimum absolute atomic E-state index is 0.0589. The van der Waals surface area contributed by atoms with E-state index >= 15 is 0 Å². The number of pyridine rings is 1. The Morgan fingerprint density at radius 1 is 1.73 bits per heavy atom. The Bertz CT molecular complexity index is 401. The van der Waals surface area contributed by atoms with Crippen molar-refractivity contribution in [3.8, 4) is 0 Å². The average molecular weight is 298 g/mol. The van der Waals surface area contributed by atoms with E-state index in [9.17, 15) is 13.8 Å². The number of halogens is 2. The molecule has 84 valence electrons. The highest BCUT2D eigenvalue weighted by molar-refractivity contribution is 9.10. The second kappa shape index (κ2) is 5.16. The Labute approximate surface area is 95.1 Å². The van der Waals surface area contributed by atoms with Crippen LogP contribution >= 0.6 is 23.5 Å². The summed E-state index contributed by atoms with van der Waals surface area (Å²) in [4.78, 5) is 12.7. The quantitative estimate of drug-likeness (QED) is 0.686. The maximum atomic E-state index is 13.1. The summed E-state index contributed by atoms with van der Waals surface area (Å²) < 4.78 is 29.7. The molecule has 0 saturated heterocycles. The molecule has 1 heterocycles. The van der Waals surface area contributed by atoms with Crippen molar-refractivity contribution in [1.29, 1.82) is 0 Å². The molecule has 1 unspecified atom stereocenters. The van der Waals surface area contributed by atoms with Crippen LogP contribution in [0, 0.1) is 5.95 Å². The Hall–Kier alpha value is -0.290. The van der Waals surface area contributed by atoms with Crippen LogP contribution in [0.3, 0.4) is 0 Å². The van der Waals surface area contributed by atoms with Crippen molar-refractivity contribution < 1.29 is 18.4 Å². The van der Waals surface area contributed by atoms with Crippen LogP contribution < -0.4 is 0 Å². The topological polar surface area (TPSA) is 59.4 Å². The largest absolute Gasteiger partial charge is 0.332 e. The summed E-state index contributed by atoms with van der Waals surface area (Å²) >= 11 is 3.10. The molecule has 0 aromatic carbocycles. The van der Waals surface area contributed by atoms with E-state index < -0.39 is 13.5 Å². The smallest absolute Gasteiger partial charge is 0.324 e. The van der Waals surface area contributed by atoms with Crippen molar-refractivity contribution in [2.45, 2.75) is 13.1 Å². The zero-order valence-electron chi connectivity index (χ0n) is 7.98. The van der Waals surface area contributed by atoms with E-state index in [2.05, 4.69) is 25.4 Å². The lowest BCUT2D eigenvalue weighted by Crippen LogP contribution is -1.98. The van der Waals surface area contributed by atoms with Gasteiger partial charge in [0.25, 0.3) is 0 Å². The van der Waals surface area contributed by atoms with Gasteiger partial charge in [0.2, 0.25) is 5.95 Å². The molecule has 1 rings (SSSR count). The number of aromatic nitrogens is 1. The van der Waals surface area contributed by atoms with Gasteiger partial charge in [0.1, 0.15) is 0 Å². The van der Waals surface area contributed by atoms with Gasteiger partial charge in [0.15, 0.2) is 0 Å². The Kier molecular flexibility index (Phi) is 4.40. The van der Waals surface area contributed by atoms with E-state index in [4.69, 9.17) is 0 Å². The Morgan fingerprint density at radius 2 is 2.40 bits per heavy atom. The second-order valence-electron chi connectivity index (χ2n) is 2.82. The zero-order chi connectivity index (χ0) is 11.5. The Morgan fingerprint density at radius 3 is 3.00 bits per heavy atom. The predicted molar refractivity (Wildman–Crippen MR) is 57.1 cm³/mol. The summed E-state index contributed by atoms with van der Waals surface area (Å²) in [7, 11) is -3.76. The molecule has 0 aliphatic heterocycles. The molecule has 7 heteroatoms. The molecular weight excluding hydrogens is 288 g/mol. The molecule has 1 N–H and O–H groups in total. The van der Waals surface area contributed by atoms with Crippen molar-refractivity contribution in [3.05, 3.63) is 28.2 Å². The number of hydrogen-bond donors (Lipinski definition) is 1. The van der Waals surface area contributed by atoms with Gasteiger partial charge in [-0.05, 0) is 28.9 Å². The van der Waals surface area contributed by atoms with Crippen LogP contribution in [-0.2, 0) is 15.3 Å². The van der Waals surface area contributed by atoms with Gasteiger partial charge in [-0.1, -0.05) is 0 Å². The lowest BCUT2D eigenvalue weighted by atomic mass is 10.3. The van der Waals surface area contributed by atoms with E-state index in [1.807, 2.05) is 0 Å². The van der Waals surface area contributed by atoms with Gasteiger partial charge in [0.05, 0.1) is 12.8 Å². The number of rotatable bonds is 4. The Balaban J connectivity index is 2.89. The fourth-order valence-electron chi connectivity index (χ4n) is 1.04. The van der Waals surface area contributed by atoms with E-state index in [1.54, 1.807) is 6.92 Å². The van der Waals surface area contributed by atoms with Gasteiger partial charge < -0.3 is 9.42 Å². The molecule has 0 bridgehead atoms. The fraction of sp³-hybridized carbons (Fsp3) is 0.375. The SMILES string of the molecule is CCOP(=O)(O)Cc1cc(Br)cnc1F. The minimum Gasteiger partial charge on any atom is -0.324 e. The lowest BCUT2D eigenvalue weighted by Gasteiger charge is -2.10. The maximum absolute atomic E-state index is 13.1. The molecule has 0 fully saturated rings. The molecule has 1 aromatic heterocycles. The predicted octanol–water partition coefficient (Wildman–Crippen LogP) is 2.71. The lowest BCUT2D eigenvalue weighted by molar-refractivity contribution is 0.272. The first kappa shape index (κ1) is 12.8. The van der Waals surface area contributed by atoms with Gasteiger partial charge in [0, 0.05) is 16.2 Å². The normalized spacial score (nSPS) is 14.9. The summed E-state index contributed by atoms with van der Waals surface area (Å²) in [6.07, 6.45) is 0.904. The molecule has 0 radical (unpaired) electrons. The molecular formula is C8H10BrFNO3P. The monoisotopic (exact) mass is 297 g/mol. The molecule has 0 saturated carbocycles. The van der Waals surface area contributed by atoms with Crippen LogP contribution in [0.15, 0.2) is 16.7 Å². The number of hydrogen-bond acceptors (Lipinski definition) is 3. The third kappa shape index (κ3) is 3.99.